The number of guanidine groups is 1. The molecule has 1 aliphatic heterocycles. The van der Waals surface area contributed by atoms with E-state index in [0.717, 1.165) is 31.2 Å². The second-order valence-corrected chi connectivity index (χ2v) is 7.44. The van der Waals surface area contributed by atoms with E-state index in [-0.39, 0.29) is 17.5 Å². The highest BCUT2D eigenvalue weighted by molar-refractivity contribution is 5.79. The van der Waals surface area contributed by atoms with Gasteiger partial charge in [0.15, 0.2) is 5.96 Å². The molecule has 1 aromatic rings. The summed E-state index contributed by atoms with van der Waals surface area (Å²) in [6.07, 6.45) is 3.74. The molecule has 0 aromatic heterocycles. The number of likely N-dealkylation sites (tertiary alicyclic amines) is 1. The van der Waals surface area contributed by atoms with Gasteiger partial charge in [-0.25, -0.2) is 4.39 Å². The highest BCUT2D eigenvalue weighted by Crippen LogP contribution is 2.20. The van der Waals surface area contributed by atoms with E-state index in [1.165, 1.54) is 31.4 Å². The summed E-state index contributed by atoms with van der Waals surface area (Å²) < 4.78 is 18.6. The zero-order valence-electron chi connectivity index (χ0n) is 16.5. The number of piperidine rings is 1. The van der Waals surface area contributed by atoms with Crippen LogP contribution < -0.4 is 10.6 Å². The minimum absolute atomic E-state index is 0.0790. The first-order valence-electron chi connectivity index (χ1n) is 9.44. The van der Waals surface area contributed by atoms with E-state index >= 15 is 0 Å². The second kappa shape index (κ2) is 9.88. The van der Waals surface area contributed by atoms with E-state index in [4.69, 9.17) is 4.74 Å². The Morgan fingerprint density at radius 2 is 1.85 bits per heavy atom. The van der Waals surface area contributed by atoms with Crippen LogP contribution in [-0.2, 0) is 4.74 Å². The van der Waals surface area contributed by atoms with Crippen molar-refractivity contribution >= 4 is 5.96 Å². The number of nitrogens with one attached hydrogen (secondary N) is 2. The smallest absolute Gasteiger partial charge is 0.191 e. The van der Waals surface area contributed by atoms with Gasteiger partial charge in [-0.2, -0.15) is 0 Å². The van der Waals surface area contributed by atoms with Crippen molar-refractivity contribution < 1.29 is 9.13 Å². The molecule has 1 aliphatic rings. The molecule has 1 atom stereocenters. The zero-order chi connectivity index (χ0) is 19.0. The Kier molecular flexibility index (Phi) is 7.85. The molecule has 1 saturated heterocycles. The Morgan fingerprint density at radius 3 is 2.42 bits per heavy atom. The van der Waals surface area contributed by atoms with Gasteiger partial charge in [0.2, 0.25) is 0 Å². The summed E-state index contributed by atoms with van der Waals surface area (Å²) in [4.78, 5) is 6.86. The number of hydrogen-bond acceptors (Lipinski definition) is 3. The summed E-state index contributed by atoms with van der Waals surface area (Å²) in [5, 5.41) is 6.74. The third-order valence-electron chi connectivity index (χ3n) is 5.11. The molecule has 0 bridgehead atoms. The third kappa shape index (κ3) is 5.95. The van der Waals surface area contributed by atoms with Crippen LogP contribution in [0.15, 0.2) is 29.3 Å². The summed E-state index contributed by atoms with van der Waals surface area (Å²) in [7, 11) is 3.42. The van der Waals surface area contributed by atoms with Gasteiger partial charge < -0.3 is 15.4 Å². The summed E-state index contributed by atoms with van der Waals surface area (Å²) >= 11 is 0. The van der Waals surface area contributed by atoms with Crippen molar-refractivity contribution in [1.29, 1.82) is 0 Å². The standard InChI is InChI=1S/C20H33FN4O/c1-20(2,25-12-6-5-7-13-25)15-24-19(22-3)23-14-18(26-4)16-8-10-17(21)11-9-16/h8-11,18H,5-7,12-15H2,1-4H3,(H2,22,23,24). The largest absolute Gasteiger partial charge is 0.375 e. The monoisotopic (exact) mass is 364 g/mol. The van der Waals surface area contributed by atoms with Crippen LogP contribution in [0, 0.1) is 5.82 Å². The molecule has 5 nitrogen and oxygen atoms in total. The number of rotatable bonds is 7. The van der Waals surface area contributed by atoms with Crippen molar-refractivity contribution in [2.75, 3.05) is 40.3 Å². The van der Waals surface area contributed by atoms with Gasteiger partial charge in [-0.1, -0.05) is 18.6 Å². The van der Waals surface area contributed by atoms with Crippen molar-refractivity contribution in [2.45, 2.75) is 44.8 Å². The van der Waals surface area contributed by atoms with E-state index in [1.807, 2.05) is 0 Å². The van der Waals surface area contributed by atoms with Crippen molar-refractivity contribution in [3.8, 4) is 0 Å². The molecule has 0 amide bonds. The molecule has 1 unspecified atom stereocenters. The summed E-state index contributed by atoms with van der Waals surface area (Å²) in [6.45, 7) is 8.25. The van der Waals surface area contributed by atoms with Crippen LogP contribution in [0.1, 0.15) is 44.8 Å². The van der Waals surface area contributed by atoms with Crippen molar-refractivity contribution in [2.24, 2.45) is 4.99 Å². The first kappa shape index (κ1) is 20.6. The van der Waals surface area contributed by atoms with Gasteiger partial charge in [0.1, 0.15) is 5.82 Å². The number of nitrogens with zero attached hydrogens (tertiary/aromatic N) is 2. The number of aliphatic imine (C=N–C) groups is 1. The number of halogens is 1. The average Bonchev–Trinajstić information content (AvgIpc) is 2.66. The normalized spacial score (nSPS) is 17.8. The Balaban J connectivity index is 1.85. The minimum Gasteiger partial charge on any atom is -0.375 e. The van der Waals surface area contributed by atoms with Crippen LogP contribution in [-0.4, -0.2) is 56.7 Å². The molecule has 146 valence electrons. The Labute approximate surface area is 157 Å². The van der Waals surface area contributed by atoms with E-state index in [1.54, 1.807) is 26.3 Å². The molecule has 1 aromatic carbocycles. The molecule has 0 aliphatic carbocycles. The van der Waals surface area contributed by atoms with E-state index in [2.05, 4.69) is 34.4 Å². The quantitative estimate of drug-likeness (QED) is 0.577. The summed E-state index contributed by atoms with van der Waals surface area (Å²) in [6, 6.07) is 6.41. The van der Waals surface area contributed by atoms with Crippen molar-refractivity contribution in [3.05, 3.63) is 35.6 Å². The first-order chi connectivity index (χ1) is 12.5. The number of methoxy groups -OCH3 is 1. The van der Waals surface area contributed by atoms with Crippen LogP contribution in [0.3, 0.4) is 0 Å². The number of hydrogen-bond donors (Lipinski definition) is 2. The van der Waals surface area contributed by atoms with Gasteiger partial charge >= 0.3 is 0 Å². The number of ether oxygens (including phenoxy) is 1. The van der Waals surface area contributed by atoms with Gasteiger partial charge in [-0.3, -0.25) is 9.89 Å². The second-order valence-electron chi connectivity index (χ2n) is 7.44. The van der Waals surface area contributed by atoms with Gasteiger partial charge in [-0.05, 0) is 57.5 Å². The predicted molar refractivity (Wildman–Crippen MR) is 105 cm³/mol. The molecule has 0 spiro atoms. The fraction of sp³-hybridized carbons (Fsp3) is 0.650. The lowest BCUT2D eigenvalue weighted by molar-refractivity contribution is 0.0973. The molecular formula is C20H33FN4O. The molecule has 1 heterocycles. The lowest BCUT2D eigenvalue weighted by Crippen LogP contribution is -2.55. The van der Waals surface area contributed by atoms with Crippen LogP contribution >= 0.6 is 0 Å². The highest BCUT2D eigenvalue weighted by Gasteiger charge is 2.28. The van der Waals surface area contributed by atoms with Gasteiger partial charge in [-0.15, -0.1) is 0 Å². The Hall–Kier alpha value is -1.66. The zero-order valence-corrected chi connectivity index (χ0v) is 16.5. The maximum atomic E-state index is 13.1. The minimum atomic E-state index is -0.242. The predicted octanol–water partition coefficient (Wildman–Crippen LogP) is 2.94. The molecule has 1 fully saturated rings. The van der Waals surface area contributed by atoms with Gasteiger partial charge in [0.05, 0.1) is 6.10 Å². The SMILES string of the molecule is CN=C(NCC(OC)c1ccc(F)cc1)NCC(C)(C)N1CCCCC1. The maximum Gasteiger partial charge on any atom is 0.191 e. The molecule has 2 N–H and O–H groups in total. The van der Waals surface area contributed by atoms with Gasteiger partial charge in [0, 0.05) is 32.8 Å². The molecule has 2 rings (SSSR count). The van der Waals surface area contributed by atoms with Crippen molar-refractivity contribution in [1.82, 2.24) is 15.5 Å². The van der Waals surface area contributed by atoms with Crippen molar-refractivity contribution in [3.63, 3.8) is 0 Å². The summed E-state index contributed by atoms with van der Waals surface area (Å²) in [5.41, 5.74) is 1.01. The van der Waals surface area contributed by atoms with Gasteiger partial charge in [0.25, 0.3) is 0 Å². The fourth-order valence-electron chi connectivity index (χ4n) is 3.34. The molecule has 6 heteroatoms. The lowest BCUT2D eigenvalue weighted by Gasteiger charge is -2.41. The Morgan fingerprint density at radius 1 is 1.19 bits per heavy atom. The Bertz CT molecular complexity index is 568. The number of benzene rings is 1. The average molecular weight is 365 g/mol. The van der Waals surface area contributed by atoms with Crippen LogP contribution in [0.5, 0.6) is 0 Å². The fourth-order valence-corrected chi connectivity index (χ4v) is 3.34. The highest BCUT2D eigenvalue weighted by atomic mass is 19.1. The molecule has 0 saturated carbocycles. The van der Waals surface area contributed by atoms with E-state index in [9.17, 15) is 4.39 Å². The van der Waals surface area contributed by atoms with Crippen LogP contribution in [0.4, 0.5) is 4.39 Å². The maximum absolute atomic E-state index is 13.1. The first-order valence-corrected chi connectivity index (χ1v) is 9.44. The van der Waals surface area contributed by atoms with Crippen LogP contribution in [0.25, 0.3) is 0 Å². The van der Waals surface area contributed by atoms with E-state index < -0.39 is 0 Å². The lowest BCUT2D eigenvalue weighted by atomic mass is 9.98. The topological polar surface area (TPSA) is 48.9 Å². The molecular weight excluding hydrogens is 331 g/mol. The molecule has 0 radical (unpaired) electrons. The summed E-state index contributed by atoms with van der Waals surface area (Å²) in [5.74, 6) is 0.508. The third-order valence-corrected chi connectivity index (χ3v) is 5.11. The molecule has 26 heavy (non-hydrogen) atoms. The van der Waals surface area contributed by atoms with E-state index in [0.29, 0.717) is 6.54 Å². The van der Waals surface area contributed by atoms with Crippen LogP contribution in [0.2, 0.25) is 0 Å².